The van der Waals surface area contributed by atoms with Gasteiger partial charge < -0.3 is 10.2 Å². The van der Waals surface area contributed by atoms with Crippen LogP contribution in [0.3, 0.4) is 0 Å². The Labute approximate surface area is 146 Å². The normalized spacial score (nSPS) is 23.9. The predicted octanol–water partition coefficient (Wildman–Crippen LogP) is 0.450. The van der Waals surface area contributed by atoms with Crippen LogP contribution in [0.25, 0.3) is 0 Å². The second-order valence-corrected chi connectivity index (χ2v) is 8.92. The number of hydrogen-bond acceptors (Lipinski definition) is 4. The van der Waals surface area contributed by atoms with E-state index in [9.17, 15) is 8.42 Å². The Hall–Kier alpha value is -0.860. The highest BCUT2D eigenvalue weighted by molar-refractivity contribution is 7.89. The van der Waals surface area contributed by atoms with Gasteiger partial charge in [-0.25, -0.2) is 13.1 Å². The summed E-state index contributed by atoms with van der Waals surface area (Å²) in [5.74, 6) is 0.877. The van der Waals surface area contributed by atoms with Gasteiger partial charge in [0.1, 0.15) is 0 Å². The lowest BCUT2D eigenvalue weighted by atomic mass is 10.1. The molecule has 0 aromatic carbocycles. The summed E-state index contributed by atoms with van der Waals surface area (Å²) >= 11 is 0. The van der Waals surface area contributed by atoms with E-state index < -0.39 is 10.0 Å². The van der Waals surface area contributed by atoms with Crippen LogP contribution < -0.4 is 10.0 Å². The molecule has 2 fully saturated rings. The molecule has 0 spiro atoms. The van der Waals surface area contributed by atoms with Crippen LogP contribution in [-0.2, 0) is 10.0 Å². The van der Waals surface area contributed by atoms with Gasteiger partial charge in [-0.3, -0.25) is 9.89 Å². The van der Waals surface area contributed by atoms with E-state index in [0.717, 1.165) is 25.5 Å². The molecule has 140 valence electrons. The molecule has 2 aliphatic heterocycles. The summed E-state index contributed by atoms with van der Waals surface area (Å²) in [6.07, 6.45) is 5.14. The van der Waals surface area contributed by atoms with Gasteiger partial charge >= 0.3 is 0 Å². The van der Waals surface area contributed by atoms with Crippen LogP contribution in [0.4, 0.5) is 0 Å². The Kier molecular flexibility index (Phi) is 7.31. The van der Waals surface area contributed by atoms with Crippen molar-refractivity contribution in [3.8, 4) is 0 Å². The lowest BCUT2D eigenvalue weighted by molar-refractivity contribution is 0.168. The molecular formula is C16H33N5O2S. The molecule has 0 aliphatic carbocycles. The Morgan fingerprint density at radius 1 is 1.21 bits per heavy atom. The van der Waals surface area contributed by atoms with Gasteiger partial charge in [-0.15, -0.1) is 0 Å². The molecule has 2 saturated heterocycles. The number of guanidine groups is 1. The lowest BCUT2D eigenvalue weighted by Crippen LogP contribution is -2.46. The number of piperidine rings is 1. The minimum Gasteiger partial charge on any atom is -0.355 e. The number of nitrogens with one attached hydrogen (secondary N) is 2. The first-order chi connectivity index (χ1) is 11.4. The predicted molar refractivity (Wildman–Crippen MR) is 98.8 cm³/mol. The number of aliphatic imine (C=N–C) groups is 1. The van der Waals surface area contributed by atoms with Crippen LogP contribution in [0, 0.1) is 0 Å². The van der Waals surface area contributed by atoms with E-state index in [2.05, 4.69) is 24.8 Å². The third kappa shape index (κ3) is 5.89. The second kappa shape index (κ2) is 9.01. The standard InChI is InChI=1S/C16H33N5O2S/c1-14(2)19-24(22,23)12-8-18-16(17-3)21-11-7-15(13-21)20-9-5-4-6-10-20/h14-15,19H,4-13H2,1-3H3,(H,17,18). The van der Waals surface area contributed by atoms with Crippen LogP contribution in [0.15, 0.2) is 4.99 Å². The monoisotopic (exact) mass is 359 g/mol. The van der Waals surface area contributed by atoms with Crippen molar-refractivity contribution < 1.29 is 8.42 Å². The minimum absolute atomic E-state index is 0.0631. The number of sulfonamides is 1. The van der Waals surface area contributed by atoms with Gasteiger partial charge in [-0.05, 0) is 46.2 Å². The van der Waals surface area contributed by atoms with Crippen LogP contribution >= 0.6 is 0 Å². The number of hydrogen-bond donors (Lipinski definition) is 2. The first kappa shape index (κ1) is 19.5. The molecular weight excluding hydrogens is 326 g/mol. The Balaban J connectivity index is 1.78. The molecule has 24 heavy (non-hydrogen) atoms. The largest absolute Gasteiger partial charge is 0.355 e. The van der Waals surface area contributed by atoms with Crippen molar-refractivity contribution in [1.29, 1.82) is 0 Å². The first-order valence-corrected chi connectivity index (χ1v) is 10.8. The van der Waals surface area contributed by atoms with Crippen molar-refractivity contribution in [1.82, 2.24) is 19.8 Å². The summed E-state index contributed by atoms with van der Waals surface area (Å²) in [6, 6.07) is 0.536. The highest BCUT2D eigenvalue weighted by atomic mass is 32.2. The van der Waals surface area contributed by atoms with E-state index in [1.807, 2.05) is 13.8 Å². The quantitative estimate of drug-likeness (QED) is 0.532. The fourth-order valence-corrected chi connectivity index (χ4v) is 4.77. The maximum absolute atomic E-state index is 11.9. The van der Waals surface area contributed by atoms with Gasteiger partial charge in [-0.1, -0.05) is 6.42 Å². The van der Waals surface area contributed by atoms with Crippen molar-refractivity contribution in [2.75, 3.05) is 45.5 Å². The van der Waals surface area contributed by atoms with Gasteiger partial charge in [-0.2, -0.15) is 0 Å². The van der Waals surface area contributed by atoms with Crippen molar-refractivity contribution in [3.05, 3.63) is 0 Å². The summed E-state index contributed by atoms with van der Waals surface area (Å²) in [5, 5.41) is 3.20. The molecule has 0 amide bonds. The van der Waals surface area contributed by atoms with Gasteiger partial charge in [0, 0.05) is 38.8 Å². The number of rotatable bonds is 6. The maximum Gasteiger partial charge on any atom is 0.213 e. The van der Waals surface area contributed by atoms with E-state index >= 15 is 0 Å². The number of nitrogens with zero attached hydrogens (tertiary/aromatic N) is 3. The van der Waals surface area contributed by atoms with Gasteiger partial charge in [0.2, 0.25) is 10.0 Å². The third-order valence-corrected chi connectivity index (χ3v) is 6.22. The molecule has 0 aromatic heterocycles. The summed E-state index contributed by atoms with van der Waals surface area (Å²) < 4.78 is 26.4. The van der Waals surface area contributed by atoms with Crippen LogP contribution in [0.2, 0.25) is 0 Å². The zero-order chi connectivity index (χ0) is 17.6. The van der Waals surface area contributed by atoms with Crippen LogP contribution in [0.5, 0.6) is 0 Å². The molecule has 0 radical (unpaired) electrons. The Morgan fingerprint density at radius 2 is 1.92 bits per heavy atom. The highest BCUT2D eigenvalue weighted by Crippen LogP contribution is 2.20. The molecule has 0 bridgehead atoms. The SMILES string of the molecule is CN=C(NCCS(=O)(=O)NC(C)C)N1CCC(N2CCCCC2)C1. The smallest absolute Gasteiger partial charge is 0.213 e. The van der Waals surface area contributed by atoms with Gasteiger partial charge in [0.25, 0.3) is 0 Å². The van der Waals surface area contributed by atoms with E-state index in [4.69, 9.17) is 0 Å². The molecule has 1 unspecified atom stereocenters. The van der Waals surface area contributed by atoms with Gasteiger partial charge in [0.05, 0.1) is 5.75 Å². The fraction of sp³-hybridized carbons (Fsp3) is 0.938. The second-order valence-electron chi connectivity index (χ2n) is 7.05. The summed E-state index contributed by atoms with van der Waals surface area (Å²) in [4.78, 5) is 9.18. The van der Waals surface area contributed by atoms with Crippen molar-refractivity contribution in [2.24, 2.45) is 4.99 Å². The first-order valence-electron chi connectivity index (χ1n) is 9.11. The Morgan fingerprint density at radius 3 is 2.54 bits per heavy atom. The van der Waals surface area contributed by atoms with Crippen molar-refractivity contribution in [3.63, 3.8) is 0 Å². The summed E-state index contributed by atoms with van der Waals surface area (Å²) in [6.45, 7) is 8.42. The average molecular weight is 360 g/mol. The fourth-order valence-electron chi connectivity index (χ4n) is 3.56. The maximum atomic E-state index is 11.9. The number of likely N-dealkylation sites (tertiary alicyclic amines) is 2. The van der Waals surface area contributed by atoms with E-state index in [1.54, 1.807) is 7.05 Å². The molecule has 2 heterocycles. The Bertz CT molecular complexity index is 515. The van der Waals surface area contributed by atoms with E-state index in [-0.39, 0.29) is 11.8 Å². The lowest BCUT2D eigenvalue weighted by Gasteiger charge is -2.32. The summed E-state index contributed by atoms with van der Waals surface area (Å²) in [5.41, 5.74) is 0. The van der Waals surface area contributed by atoms with Crippen LogP contribution in [0.1, 0.15) is 39.5 Å². The molecule has 0 saturated carbocycles. The summed E-state index contributed by atoms with van der Waals surface area (Å²) in [7, 11) is -1.47. The van der Waals surface area contributed by atoms with Crippen LogP contribution in [-0.4, -0.2) is 81.8 Å². The molecule has 0 aromatic rings. The topological polar surface area (TPSA) is 77.0 Å². The van der Waals surface area contributed by atoms with E-state index in [1.165, 1.54) is 32.4 Å². The highest BCUT2D eigenvalue weighted by Gasteiger charge is 2.30. The molecule has 8 heteroatoms. The molecule has 2 aliphatic rings. The van der Waals surface area contributed by atoms with E-state index in [0.29, 0.717) is 12.6 Å². The molecule has 2 rings (SSSR count). The third-order valence-electron chi connectivity index (χ3n) is 4.65. The minimum atomic E-state index is -3.23. The zero-order valence-corrected chi connectivity index (χ0v) is 16.1. The van der Waals surface area contributed by atoms with Crippen molar-refractivity contribution in [2.45, 2.75) is 51.6 Å². The van der Waals surface area contributed by atoms with Gasteiger partial charge in [0.15, 0.2) is 5.96 Å². The average Bonchev–Trinajstić information content (AvgIpc) is 3.01. The van der Waals surface area contributed by atoms with Crippen molar-refractivity contribution >= 4 is 16.0 Å². The molecule has 7 nitrogen and oxygen atoms in total. The molecule has 1 atom stereocenters. The molecule has 2 N–H and O–H groups in total. The zero-order valence-electron chi connectivity index (χ0n) is 15.3.